The fraction of sp³-hybridized carbons (Fsp3) is 0.714. The van der Waals surface area contributed by atoms with E-state index in [1.54, 1.807) is 0 Å². The van der Waals surface area contributed by atoms with Crippen molar-refractivity contribution in [3.8, 4) is 0 Å². The van der Waals surface area contributed by atoms with Gasteiger partial charge in [-0.25, -0.2) is 0 Å². The molecule has 1 atom stereocenters. The van der Waals surface area contributed by atoms with Crippen LogP contribution in [0.2, 0.25) is 0 Å². The number of aliphatic imine (C=N–C) groups is 1. The number of nitrogens with zero attached hydrogens (tertiary/aromatic N) is 1. The zero-order valence-electron chi connectivity index (χ0n) is 7.44. The predicted octanol–water partition coefficient (Wildman–Crippen LogP) is -0.786. The Hall–Kier alpha value is -0.750. The van der Waals surface area contributed by atoms with Crippen LogP contribution in [-0.4, -0.2) is 23.7 Å². The molecule has 0 bridgehead atoms. The van der Waals surface area contributed by atoms with Crippen molar-refractivity contribution < 1.29 is 4.79 Å². The van der Waals surface area contributed by atoms with E-state index in [4.69, 9.17) is 17.2 Å². The first-order chi connectivity index (χ1) is 6.04. The molecule has 0 fully saturated rings. The molecule has 0 aliphatic rings. The maximum Gasteiger partial charge on any atom is 0.202 e. The molecule has 0 aliphatic carbocycles. The minimum absolute atomic E-state index is 0.0922. The van der Waals surface area contributed by atoms with E-state index < -0.39 is 6.04 Å². The highest BCUT2D eigenvalue weighted by molar-refractivity contribution is 7.96. The van der Waals surface area contributed by atoms with Crippen LogP contribution in [0.4, 0.5) is 0 Å². The molecular formula is C7H16N4OS. The Labute approximate surface area is 83.2 Å². The lowest BCUT2D eigenvalue weighted by Gasteiger charge is -2.04. The van der Waals surface area contributed by atoms with Crippen LogP contribution in [0, 0.1) is 0 Å². The van der Waals surface area contributed by atoms with Crippen LogP contribution in [0.25, 0.3) is 0 Å². The van der Waals surface area contributed by atoms with Gasteiger partial charge < -0.3 is 17.2 Å². The summed E-state index contributed by atoms with van der Waals surface area (Å²) in [4.78, 5) is 14.4. The summed E-state index contributed by atoms with van der Waals surface area (Å²) in [6, 6.07) is -0.470. The minimum atomic E-state index is -0.470. The van der Waals surface area contributed by atoms with Gasteiger partial charge in [-0.05, 0) is 19.3 Å². The van der Waals surface area contributed by atoms with E-state index >= 15 is 0 Å². The van der Waals surface area contributed by atoms with E-state index in [1.807, 2.05) is 0 Å². The van der Waals surface area contributed by atoms with E-state index in [2.05, 4.69) is 17.6 Å². The second-order valence-corrected chi connectivity index (χ2v) is 3.19. The zero-order chi connectivity index (χ0) is 10.3. The quantitative estimate of drug-likeness (QED) is 0.197. The van der Waals surface area contributed by atoms with Crippen molar-refractivity contribution >= 4 is 23.7 Å². The number of carbonyl (C=O) groups excluding carboxylic acids is 1. The average Bonchev–Trinajstić information content (AvgIpc) is 2.02. The van der Waals surface area contributed by atoms with Crippen molar-refractivity contribution in [2.45, 2.75) is 25.3 Å². The van der Waals surface area contributed by atoms with Gasteiger partial charge in [0.25, 0.3) is 0 Å². The van der Waals surface area contributed by atoms with Crippen LogP contribution in [0.5, 0.6) is 0 Å². The van der Waals surface area contributed by atoms with Crippen LogP contribution in [-0.2, 0) is 4.79 Å². The Bertz CT molecular complexity index is 191. The Morgan fingerprint density at radius 1 is 1.38 bits per heavy atom. The van der Waals surface area contributed by atoms with Gasteiger partial charge in [0.05, 0.1) is 6.04 Å². The number of unbranched alkanes of at least 4 members (excludes halogenated alkanes) is 1. The van der Waals surface area contributed by atoms with Gasteiger partial charge in [0.2, 0.25) is 5.12 Å². The molecule has 6 N–H and O–H groups in total. The number of hydrogen-bond donors (Lipinski definition) is 4. The van der Waals surface area contributed by atoms with E-state index in [-0.39, 0.29) is 11.1 Å². The lowest BCUT2D eigenvalue weighted by atomic mass is 10.1. The maximum absolute atomic E-state index is 10.6. The first-order valence-corrected chi connectivity index (χ1v) is 4.52. The summed E-state index contributed by atoms with van der Waals surface area (Å²) >= 11 is 3.62. The van der Waals surface area contributed by atoms with Gasteiger partial charge in [0.1, 0.15) is 0 Å². The van der Waals surface area contributed by atoms with Gasteiger partial charge >= 0.3 is 0 Å². The van der Waals surface area contributed by atoms with Gasteiger partial charge in [-0.3, -0.25) is 9.79 Å². The number of rotatable bonds is 6. The molecule has 0 radical (unpaired) electrons. The molecule has 0 saturated carbocycles. The van der Waals surface area contributed by atoms with Crippen LogP contribution >= 0.6 is 12.6 Å². The topological polar surface area (TPSA) is 107 Å². The first kappa shape index (κ1) is 12.2. The number of thiol groups is 1. The Kier molecular flexibility index (Phi) is 6.34. The monoisotopic (exact) mass is 204 g/mol. The highest BCUT2D eigenvalue weighted by Gasteiger charge is 2.07. The van der Waals surface area contributed by atoms with Crippen LogP contribution in [0.3, 0.4) is 0 Å². The van der Waals surface area contributed by atoms with Gasteiger partial charge in [-0.2, -0.15) is 0 Å². The molecule has 0 heterocycles. The van der Waals surface area contributed by atoms with E-state index in [1.165, 1.54) is 0 Å². The van der Waals surface area contributed by atoms with Gasteiger partial charge in [0, 0.05) is 6.54 Å². The third-order valence-electron chi connectivity index (χ3n) is 1.53. The fourth-order valence-corrected chi connectivity index (χ4v) is 0.937. The molecule has 0 saturated heterocycles. The van der Waals surface area contributed by atoms with Gasteiger partial charge in [-0.1, -0.05) is 0 Å². The lowest BCUT2D eigenvalue weighted by molar-refractivity contribution is -0.112. The summed E-state index contributed by atoms with van der Waals surface area (Å²) in [5.41, 5.74) is 15.7. The van der Waals surface area contributed by atoms with E-state index in [9.17, 15) is 4.79 Å². The van der Waals surface area contributed by atoms with Crippen molar-refractivity contribution in [2.75, 3.05) is 6.54 Å². The highest BCUT2D eigenvalue weighted by Crippen LogP contribution is 2.01. The highest BCUT2D eigenvalue weighted by atomic mass is 32.1. The van der Waals surface area contributed by atoms with Crippen molar-refractivity contribution in [2.24, 2.45) is 22.2 Å². The molecule has 0 spiro atoms. The summed E-state index contributed by atoms with van der Waals surface area (Å²) < 4.78 is 0. The number of carbonyl (C=O) groups is 1. The summed E-state index contributed by atoms with van der Waals surface area (Å²) in [5.74, 6) is 0.0922. The summed E-state index contributed by atoms with van der Waals surface area (Å²) in [6.07, 6.45) is 2.28. The smallest absolute Gasteiger partial charge is 0.202 e. The molecule has 13 heavy (non-hydrogen) atoms. The van der Waals surface area contributed by atoms with E-state index in [0.29, 0.717) is 13.0 Å². The summed E-state index contributed by atoms with van der Waals surface area (Å²) in [6.45, 7) is 0.579. The summed E-state index contributed by atoms with van der Waals surface area (Å²) in [5, 5.41) is -0.276. The minimum Gasteiger partial charge on any atom is -0.370 e. The predicted molar refractivity (Wildman–Crippen MR) is 56.5 cm³/mol. The molecule has 0 aromatic carbocycles. The first-order valence-electron chi connectivity index (χ1n) is 4.08. The second kappa shape index (κ2) is 6.73. The van der Waals surface area contributed by atoms with Crippen LogP contribution < -0.4 is 17.2 Å². The molecule has 0 aromatic heterocycles. The molecule has 0 amide bonds. The molecule has 76 valence electrons. The summed E-state index contributed by atoms with van der Waals surface area (Å²) in [7, 11) is 0. The van der Waals surface area contributed by atoms with Crippen molar-refractivity contribution in [3.63, 3.8) is 0 Å². The number of nitrogens with two attached hydrogens (primary N) is 3. The van der Waals surface area contributed by atoms with Crippen molar-refractivity contribution in [3.05, 3.63) is 0 Å². The maximum atomic E-state index is 10.6. The van der Waals surface area contributed by atoms with Crippen LogP contribution in [0.15, 0.2) is 4.99 Å². The number of hydrogen-bond acceptors (Lipinski definition) is 3. The Morgan fingerprint density at radius 3 is 2.46 bits per heavy atom. The molecule has 0 aliphatic heterocycles. The molecule has 0 aromatic rings. The van der Waals surface area contributed by atoms with Gasteiger partial charge in [-0.15, -0.1) is 12.6 Å². The SMILES string of the molecule is NC(N)=NCCCCC(N)C(=O)S. The average molecular weight is 204 g/mol. The molecular weight excluding hydrogens is 188 g/mol. The van der Waals surface area contributed by atoms with Crippen LogP contribution in [0.1, 0.15) is 19.3 Å². The molecule has 5 nitrogen and oxygen atoms in total. The van der Waals surface area contributed by atoms with Gasteiger partial charge in [0.15, 0.2) is 5.96 Å². The third-order valence-corrected chi connectivity index (χ3v) is 1.87. The zero-order valence-corrected chi connectivity index (χ0v) is 8.33. The number of guanidine groups is 1. The fourth-order valence-electron chi connectivity index (χ4n) is 0.808. The Morgan fingerprint density at radius 2 is 2.00 bits per heavy atom. The van der Waals surface area contributed by atoms with Crippen molar-refractivity contribution in [1.82, 2.24) is 0 Å². The second-order valence-electron chi connectivity index (χ2n) is 2.75. The Balaban J connectivity index is 3.36. The molecule has 1 unspecified atom stereocenters. The third kappa shape index (κ3) is 7.61. The largest absolute Gasteiger partial charge is 0.370 e. The molecule has 0 rings (SSSR count). The normalized spacial score (nSPS) is 12.2. The molecule has 6 heteroatoms. The van der Waals surface area contributed by atoms with E-state index in [0.717, 1.165) is 12.8 Å². The van der Waals surface area contributed by atoms with Crippen molar-refractivity contribution in [1.29, 1.82) is 0 Å². The standard InChI is InChI=1S/C7H16N4OS/c8-5(6(12)13)3-1-2-4-11-7(9)10/h5H,1-4,8H2,(H,12,13)(H4,9,10,11). The lowest BCUT2D eigenvalue weighted by Crippen LogP contribution is -2.26.